The van der Waals surface area contributed by atoms with Crippen molar-refractivity contribution in [1.82, 2.24) is 4.98 Å². The van der Waals surface area contributed by atoms with Gasteiger partial charge in [-0.1, -0.05) is 6.07 Å². The summed E-state index contributed by atoms with van der Waals surface area (Å²) in [5.41, 5.74) is 1.61. The van der Waals surface area contributed by atoms with Gasteiger partial charge in [-0.3, -0.25) is 9.78 Å². The van der Waals surface area contributed by atoms with Crippen LogP contribution in [0.2, 0.25) is 0 Å². The summed E-state index contributed by atoms with van der Waals surface area (Å²) < 4.78 is 15.8. The monoisotopic (exact) mass is 316 g/mol. The van der Waals surface area contributed by atoms with Gasteiger partial charge in [0.25, 0.3) is 0 Å². The highest BCUT2D eigenvalue weighted by atomic mass is 16.5. The van der Waals surface area contributed by atoms with Crippen LogP contribution in [0.3, 0.4) is 0 Å². The molecular weight excluding hydrogens is 296 g/mol. The Balaban J connectivity index is 2.05. The van der Waals surface area contributed by atoms with Crippen molar-refractivity contribution in [2.45, 2.75) is 12.8 Å². The number of pyridine rings is 1. The van der Waals surface area contributed by atoms with E-state index in [4.69, 9.17) is 14.2 Å². The van der Waals surface area contributed by atoms with Gasteiger partial charge in [0.05, 0.1) is 21.3 Å². The summed E-state index contributed by atoms with van der Waals surface area (Å²) in [7, 11) is 4.60. The predicted octanol–water partition coefficient (Wildman–Crippen LogP) is 2.68. The second-order valence-corrected chi connectivity index (χ2v) is 4.82. The summed E-state index contributed by atoms with van der Waals surface area (Å²) in [6.45, 7) is 0. The molecule has 23 heavy (non-hydrogen) atoms. The van der Waals surface area contributed by atoms with Crippen LogP contribution in [0, 0.1) is 0 Å². The lowest BCUT2D eigenvalue weighted by Gasteiger charge is -2.14. The third-order valence-corrected chi connectivity index (χ3v) is 3.31. The van der Waals surface area contributed by atoms with E-state index in [1.54, 1.807) is 24.5 Å². The van der Waals surface area contributed by atoms with E-state index >= 15 is 0 Å². The Morgan fingerprint density at radius 2 is 1.83 bits per heavy atom. The molecule has 6 nitrogen and oxygen atoms in total. The Kier molecular flexibility index (Phi) is 5.80. The molecule has 0 aliphatic heterocycles. The zero-order valence-corrected chi connectivity index (χ0v) is 13.5. The number of hydrogen-bond donors (Lipinski definition) is 1. The highest BCUT2D eigenvalue weighted by Crippen LogP contribution is 2.39. The maximum absolute atomic E-state index is 12.1. The van der Waals surface area contributed by atoms with Crippen LogP contribution in [0.1, 0.15) is 12.0 Å². The van der Waals surface area contributed by atoms with Gasteiger partial charge in [-0.25, -0.2) is 0 Å². The molecule has 0 atom stereocenters. The standard InChI is InChI=1S/C17H20N2O4/c1-21-14-9-13(10-15(22-2)17(14)23-3)19-16(20)7-6-12-5-4-8-18-11-12/h4-5,8-11H,6-7H2,1-3H3,(H,19,20). The van der Waals surface area contributed by atoms with Crippen molar-refractivity contribution in [3.8, 4) is 17.2 Å². The number of ether oxygens (including phenoxy) is 3. The molecule has 1 aromatic carbocycles. The van der Waals surface area contributed by atoms with Gasteiger partial charge in [-0.05, 0) is 18.1 Å². The van der Waals surface area contributed by atoms with E-state index in [-0.39, 0.29) is 5.91 Å². The molecule has 1 heterocycles. The van der Waals surface area contributed by atoms with E-state index < -0.39 is 0 Å². The minimum Gasteiger partial charge on any atom is -0.493 e. The Morgan fingerprint density at radius 1 is 1.13 bits per heavy atom. The highest BCUT2D eigenvalue weighted by molar-refractivity contribution is 5.91. The number of carbonyl (C=O) groups excluding carboxylic acids is 1. The van der Waals surface area contributed by atoms with Crippen molar-refractivity contribution in [1.29, 1.82) is 0 Å². The minimum absolute atomic E-state index is 0.0943. The molecule has 0 radical (unpaired) electrons. The van der Waals surface area contributed by atoms with Gasteiger partial charge in [-0.2, -0.15) is 0 Å². The first-order valence-corrected chi connectivity index (χ1v) is 7.16. The number of aryl methyl sites for hydroxylation is 1. The lowest BCUT2D eigenvalue weighted by atomic mass is 10.1. The summed E-state index contributed by atoms with van der Waals surface area (Å²) >= 11 is 0. The molecule has 0 fully saturated rings. The summed E-state index contributed by atoms with van der Waals surface area (Å²) in [5.74, 6) is 1.38. The Bertz CT molecular complexity index is 634. The van der Waals surface area contributed by atoms with E-state index in [0.29, 0.717) is 35.8 Å². The van der Waals surface area contributed by atoms with Crippen LogP contribution >= 0.6 is 0 Å². The number of hydrogen-bond acceptors (Lipinski definition) is 5. The molecular formula is C17H20N2O4. The molecule has 0 aliphatic carbocycles. The smallest absolute Gasteiger partial charge is 0.224 e. The van der Waals surface area contributed by atoms with Crippen molar-refractivity contribution in [3.05, 3.63) is 42.2 Å². The van der Waals surface area contributed by atoms with Crippen LogP contribution in [0.5, 0.6) is 17.2 Å². The fraction of sp³-hybridized carbons (Fsp3) is 0.294. The molecule has 0 bridgehead atoms. The van der Waals surface area contributed by atoms with Gasteiger partial charge in [0, 0.05) is 36.6 Å². The SMILES string of the molecule is COc1cc(NC(=O)CCc2cccnc2)cc(OC)c1OC. The van der Waals surface area contributed by atoms with E-state index in [1.165, 1.54) is 21.3 Å². The normalized spacial score (nSPS) is 10.0. The van der Waals surface area contributed by atoms with E-state index in [0.717, 1.165) is 5.56 Å². The number of rotatable bonds is 7. The molecule has 0 saturated heterocycles. The quantitative estimate of drug-likeness (QED) is 0.850. The Labute approximate surface area is 135 Å². The Morgan fingerprint density at radius 3 is 2.35 bits per heavy atom. The maximum atomic E-state index is 12.1. The fourth-order valence-corrected chi connectivity index (χ4v) is 2.18. The average Bonchev–Trinajstić information content (AvgIpc) is 2.59. The van der Waals surface area contributed by atoms with Crippen molar-refractivity contribution in [2.75, 3.05) is 26.6 Å². The first kappa shape index (κ1) is 16.6. The lowest BCUT2D eigenvalue weighted by Crippen LogP contribution is -2.12. The average molecular weight is 316 g/mol. The highest BCUT2D eigenvalue weighted by Gasteiger charge is 2.14. The Hall–Kier alpha value is -2.76. The molecule has 0 aliphatic rings. The van der Waals surface area contributed by atoms with E-state index in [9.17, 15) is 4.79 Å². The molecule has 0 spiro atoms. The molecule has 1 amide bonds. The van der Waals surface area contributed by atoms with Gasteiger partial charge in [0.2, 0.25) is 11.7 Å². The first-order valence-electron chi connectivity index (χ1n) is 7.16. The number of anilines is 1. The van der Waals surface area contributed by atoms with Crippen LogP contribution in [0.15, 0.2) is 36.7 Å². The number of aromatic nitrogens is 1. The van der Waals surface area contributed by atoms with Crippen LogP contribution in [0.4, 0.5) is 5.69 Å². The lowest BCUT2D eigenvalue weighted by molar-refractivity contribution is -0.116. The van der Waals surface area contributed by atoms with Crippen LogP contribution in [-0.4, -0.2) is 32.2 Å². The molecule has 122 valence electrons. The summed E-state index contributed by atoms with van der Waals surface area (Å²) in [4.78, 5) is 16.1. The molecule has 1 N–H and O–H groups in total. The van der Waals surface area contributed by atoms with Crippen LogP contribution < -0.4 is 19.5 Å². The minimum atomic E-state index is -0.0943. The number of nitrogens with one attached hydrogen (secondary N) is 1. The second kappa shape index (κ2) is 8.03. The van der Waals surface area contributed by atoms with Gasteiger partial charge in [0.15, 0.2) is 11.5 Å². The van der Waals surface area contributed by atoms with Gasteiger partial charge < -0.3 is 19.5 Å². The number of nitrogens with zero attached hydrogens (tertiary/aromatic N) is 1. The zero-order chi connectivity index (χ0) is 16.7. The van der Waals surface area contributed by atoms with Crippen LogP contribution in [0.25, 0.3) is 0 Å². The zero-order valence-electron chi connectivity index (χ0n) is 13.5. The van der Waals surface area contributed by atoms with Gasteiger partial charge >= 0.3 is 0 Å². The third kappa shape index (κ3) is 4.35. The largest absolute Gasteiger partial charge is 0.493 e. The predicted molar refractivity (Wildman–Crippen MR) is 87.3 cm³/mol. The molecule has 2 rings (SSSR count). The van der Waals surface area contributed by atoms with Crippen molar-refractivity contribution in [2.24, 2.45) is 0 Å². The topological polar surface area (TPSA) is 69.7 Å². The van der Waals surface area contributed by atoms with Crippen molar-refractivity contribution in [3.63, 3.8) is 0 Å². The first-order chi connectivity index (χ1) is 11.2. The third-order valence-electron chi connectivity index (χ3n) is 3.31. The van der Waals surface area contributed by atoms with E-state index in [2.05, 4.69) is 10.3 Å². The summed E-state index contributed by atoms with van der Waals surface area (Å²) in [6.07, 6.45) is 4.46. The van der Waals surface area contributed by atoms with Gasteiger partial charge in [0.1, 0.15) is 0 Å². The second-order valence-electron chi connectivity index (χ2n) is 4.82. The molecule has 0 saturated carbocycles. The van der Waals surface area contributed by atoms with E-state index in [1.807, 2.05) is 12.1 Å². The number of methoxy groups -OCH3 is 3. The fourth-order valence-electron chi connectivity index (χ4n) is 2.18. The molecule has 0 unspecified atom stereocenters. The number of benzene rings is 1. The number of amides is 1. The van der Waals surface area contributed by atoms with Gasteiger partial charge in [-0.15, -0.1) is 0 Å². The number of carbonyl (C=O) groups is 1. The summed E-state index contributed by atoms with van der Waals surface area (Å²) in [6, 6.07) is 7.19. The molecule has 6 heteroatoms. The summed E-state index contributed by atoms with van der Waals surface area (Å²) in [5, 5.41) is 2.84. The van der Waals surface area contributed by atoms with Crippen LogP contribution in [-0.2, 0) is 11.2 Å². The maximum Gasteiger partial charge on any atom is 0.224 e. The molecule has 1 aromatic heterocycles. The molecule has 2 aromatic rings. The van der Waals surface area contributed by atoms with Crippen molar-refractivity contribution < 1.29 is 19.0 Å². The van der Waals surface area contributed by atoms with Crippen molar-refractivity contribution >= 4 is 11.6 Å².